The first kappa shape index (κ1) is 19.9. The molecule has 1 aromatic carbocycles. The van der Waals surface area contributed by atoms with Gasteiger partial charge in [0, 0.05) is 31.1 Å². The number of hydrogen-bond donors (Lipinski definition) is 1. The first-order chi connectivity index (χ1) is 15.5. The molecule has 1 fully saturated rings. The molecule has 1 unspecified atom stereocenters. The quantitative estimate of drug-likeness (QED) is 0.600. The van der Waals surface area contributed by atoms with Gasteiger partial charge in [-0.2, -0.15) is 0 Å². The summed E-state index contributed by atoms with van der Waals surface area (Å²) in [6.07, 6.45) is 6.52. The Balaban J connectivity index is 1.33. The summed E-state index contributed by atoms with van der Waals surface area (Å²) in [6, 6.07) is 9.34. The molecular weight excluding hydrogens is 410 g/mol. The molecule has 3 aromatic rings. The third kappa shape index (κ3) is 3.62. The maximum Gasteiger partial charge on any atom is 0.415 e. The Morgan fingerprint density at radius 1 is 1.22 bits per heavy atom. The fraction of sp³-hybridized carbons (Fsp3) is 0.261. The lowest BCUT2D eigenvalue weighted by molar-refractivity contribution is -0.119. The summed E-state index contributed by atoms with van der Waals surface area (Å²) in [5.41, 5.74) is 4.11. The molecule has 0 spiro atoms. The summed E-state index contributed by atoms with van der Waals surface area (Å²) in [4.78, 5) is 46.0. The number of cyclic esters (lactones) is 1. The number of aromatic nitrogens is 3. The summed E-state index contributed by atoms with van der Waals surface area (Å²) in [5, 5.41) is 2.73. The Morgan fingerprint density at radius 2 is 2.06 bits per heavy atom. The van der Waals surface area contributed by atoms with Crippen LogP contribution in [-0.2, 0) is 22.5 Å². The van der Waals surface area contributed by atoms with Crippen molar-refractivity contribution in [3.63, 3.8) is 0 Å². The zero-order valence-electron chi connectivity index (χ0n) is 17.4. The van der Waals surface area contributed by atoms with Gasteiger partial charge in [-0.05, 0) is 35.7 Å². The van der Waals surface area contributed by atoms with Crippen LogP contribution in [0.4, 0.5) is 10.5 Å². The number of carbonyl (C=O) groups excluding carboxylic acids is 3. The third-order valence-corrected chi connectivity index (χ3v) is 5.80. The number of amides is 2. The van der Waals surface area contributed by atoms with Gasteiger partial charge in [0.2, 0.25) is 11.7 Å². The number of nitrogens with one attached hydrogen (secondary N) is 1. The Bertz CT molecular complexity index is 1190. The van der Waals surface area contributed by atoms with Crippen LogP contribution in [0.25, 0.3) is 11.1 Å². The second-order valence-electron chi connectivity index (χ2n) is 7.93. The monoisotopic (exact) mass is 431 g/mol. The highest BCUT2D eigenvalue weighted by molar-refractivity contribution is 5.95. The van der Waals surface area contributed by atoms with Gasteiger partial charge in [-0.3, -0.25) is 19.5 Å². The standard InChI is InChI=1S/C23H21N5O4/c1-14(29)25-11-22-20-9-17-8-15(3-5-19(17)28(20)23(31)32-22)16-2-4-18(26-10-16)21(30)12-27-7-6-24-13-27/h2-8,10,13,20,22H,9,11-12H2,1H3,(H,25,29)/t20-,22?/m0/s1. The second-order valence-corrected chi connectivity index (χ2v) is 7.93. The predicted molar refractivity (Wildman–Crippen MR) is 115 cm³/mol. The fourth-order valence-corrected chi connectivity index (χ4v) is 4.23. The predicted octanol–water partition coefficient (Wildman–Crippen LogP) is 2.21. The zero-order chi connectivity index (χ0) is 22.2. The normalized spacial score (nSPS) is 18.8. The van der Waals surface area contributed by atoms with Gasteiger partial charge in [-0.1, -0.05) is 12.1 Å². The van der Waals surface area contributed by atoms with Crippen molar-refractivity contribution >= 4 is 23.5 Å². The largest absolute Gasteiger partial charge is 0.442 e. The van der Waals surface area contributed by atoms with Gasteiger partial charge in [-0.15, -0.1) is 0 Å². The molecule has 4 heterocycles. The molecule has 0 aliphatic carbocycles. The van der Waals surface area contributed by atoms with E-state index in [9.17, 15) is 14.4 Å². The molecule has 9 heteroatoms. The van der Waals surface area contributed by atoms with Crippen molar-refractivity contribution in [2.75, 3.05) is 11.4 Å². The van der Waals surface area contributed by atoms with E-state index in [-0.39, 0.29) is 36.5 Å². The summed E-state index contributed by atoms with van der Waals surface area (Å²) in [6.45, 7) is 1.93. The van der Waals surface area contributed by atoms with E-state index in [4.69, 9.17) is 4.74 Å². The van der Waals surface area contributed by atoms with Crippen LogP contribution in [0.3, 0.4) is 0 Å². The molecule has 2 aromatic heterocycles. The third-order valence-electron chi connectivity index (χ3n) is 5.80. The van der Waals surface area contributed by atoms with Crippen LogP contribution in [-0.4, -0.2) is 51.0 Å². The number of ether oxygens (including phenoxy) is 1. The molecule has 2 atom stereocenters. The molecule has 0 saturated carbocycles. The highest BCUT2D eigenvalue weighted by Gasteiger charge is 2.47. The van der Waals surface area contributed by atoms with Crippen molar-refractivity contribution in [1.82, 2.24) is 19.9 Å². The number of anilines is 1. The van der Waals surface area contributed by atoms with Gasteiger partial charge in [0.05, 0.1) is 31.1 Å². The van der Waals surface area contributed by atoms with E-state index < -0.39 is 0 Å². The summed E-state index contributed by atoms with van der Waals surface area (Å²) < 4.78 is 7.15. The Morgan fingerprint density at radius 3 is 2.78 bits per heavy atom. The van der Waals surface area contributed by atoms with Crippen molar-refractivity contribution < 1.29 is 19.1 Å². The molecule has 2 aliphatic heterocycles. The molecule has 2 aliphatic rings. The number of hydrogen-bond acceptors (Lipinski definition) is 6. The number of rotatable bonds is 6. The van der Waals surface area contributed by atoms with Crippen LogP contribution in [0, 0.1) is 0 Å². The highest BCUT2D eigenvalue weighted by Crippen LogP contribution is 2.40. The van der Waals surface area contributed by atoms with E-state index in [1.165, 1.54) is 6.92 Å². The molecule has 9 nitrogen and oxygen atoms in total. The fourth-order valence-electron chi connectivity index (χ4n) is 4.23. The van der Waals surface area contributed by atoms with E-state index >= 15 is 0 Å². The van der Waals surface area contributed by atoms with Crippen LogP contribution in [0.1, 0.15) is 23.0 Å². The first-order valence-electron chi connectivity index (χ1n) is 10.3. The second kappa shape index (κ2) is 7.92. The average Bonchev–Trinajstić information content (AvgIpc) is 3.49. The van der Waals surface area contributed by atoms with Crippen molar-refractivity contribution in [2.24, 2.45) is 0 Å². The van der Waals surface area contributed by atoms with Gasteiger partial charge in [0.15, 0.2) is 0 Å². The maximum absolute atomic E-state index is 12.4. The molecule has 1 saturated heterocycles. The van der Waals surface area contributed by atoms with E-state index in [1.54, 1.807) is 40.5 Å². The lowest BCUT2D eigenvalue weighted by Gasteiger charge is -2.16. The molecule has 162 valence electrons. The molecular formula is C23H21N5O4. The zero-order valence-corrected chi connectivity index (χ0v) is 17.4. The van der Waals surface area contributed by atoms with Crippen molar-refractivity contribution in [3.05, 3.63) is 66.5 Å². The molecule has 5 rings (SSSR count). The Labute approximate surface area is 184 Å². The minimum atomic E-state index is -0.390. The number of nitrogens with zero attached hydrogens (tertiary/aromatic N) is 4. The Kier molecular flexibility index (Phi) is 4.93. The smallest absolute Gasteiger partial charge is 0.415 e. The van der Waals surface area contributed by atoms with E-state index in [0.717, 1.165) is 22.4 Å². The maximum atomic E-state index is 12.4. The lowest BCUT2D eigenvalue weighted by Crippen LogP contribution is -2.40. The summed E-state index contributed by atoms with van der Waals surface area (Å²) in [7, 11) is 0. The number of ketones is 1. The van der Waals surface area contributed by atoms with E-state index in [2.05, 4.69) is 15.3 Å². The van der Waals surface area contributed by atoms with Gasteiger partial charge < -0.3 is 14.6 Å². The molecule has 2 amide bonds. The number of carbonyl (C=O) groups is 3. The van der Waals surface area contributed by atoms with Crippen molar-refractivity contribution in [1.29, 1.82) is 0 Å². The topological polar surface area (TPSA) is 106 Å². The van der Waals surface area contributed by atoms with Crippen molar-refractivity contribution in [3.8, 4) is 11.1 Å². The molecule has 0 radical (unpaired) electrons. The number of pyridine rings is 1. The van der Waals surface area contributed by atoms with Crippen molar-refractivity contribution in [2.45, 2.75) is 32.0 Å². The average molecular weight is 431 g/mol. The first-order valence-corrected chi connectivity index (χ1v) is 10.3. The minimum Gasteiger partial charge on any atom is -0.442 e. The number of imidazole rings is 1. The molecule has 0 bridgehead atoms. The SMILES string of the molecule is CC(=O)NCC1OC(=O)N2c3ccc(-c4ccc(C(=O)Cn5ccnc5)nc4)cc3C[C@@H]12. The van der Waals surface area contributed by atoms with Gasteiger partial charge in [0.25, 0.3) is 0 Å². The van der Waals surface area contributed by atoms with E-state index in [1.807, 2.05) is 24.3 Å². The summed E-state index contributed by atoms with van der Waals surface area (Å²) in [5.74, 6) is -0.246. The number of benzene rings is 1. The van der Waals surface area contributed by atoms with Gasteiger partial charge >= 0.3 is 6.09 Å². The Hall–Kier alpha value is -4.01. The summed E-state index contributed by atoms with van der Waals surface area (Å²) >= 11 is 0. The highest BCUT2D eigenvalue weighted by atomic mass is 16.6. The minimum absolute atomic E-state index is 0.0900. The van der Waals surface area contributed by atoms with E-state index in [0.29, 0.717) is 18.7 Å². The lowest BCUT2D eigenvalue weighted by atomic mass is 10.0. The van der Waals surface area contributed by atoms with Crippen LogP contribution < -0.4 is 10.2 Å². The van der Waals surface area contributed by atoms with Gasteiger partial charge in [-0.25, -0.2) is 9.78 Å². The molecule has 32 heavy (non-hydrogen) atoms. The van der Waals surface area contributed by atoms with Crippen LogP contribution in [0.5, 0.6) is 0 Å². The van der Waals surface area contributed by atoms with Crippen LogP contribution >= 0.6 is 0 Å². The number of Topliss-reactive ketones (excluding diaryl/α,β-unsaturated/α-hetero) is 1. The number of fused-ring (bicyclic) bond motifs is 3. The van der Waals surface area contributed by atoms with Crippen LogP contribution in [0.2, 0.25) is 0 Å². The molecule has 1 N–H and O–H groups in total. The van der Waals surface area contributed by atoms with Crippen LogP contribution in [0.15, 0.2) is 55.2 Å². The van der Waals surface area contributed by atoms with Gasteiger partial charge in [0.1, 0.15) is 11.8 Å².